The highest BCUT2D eigenvalue weighted by Crippen LogP contribution is 2.47. The monoisotopic (exact) mass is 254 g/mol. The van der Waals surface area contributed by atoms with Crippen molar-refractivity contribution in [2.75, 3.05) is 0 Å². The van der Waals surface area contributed by atoms with Crippen molar-refractivity contribution < 1.29 is 0 Å². The first-order chi connectivity index (χ1) is 9.08. The predicted molar refractivity (Wildman–Crippen MR) is 79.8 cm³/mol. The molecule has 0 radical (unpaired) electrons. The average molecular weight is 254 g/mol. The molecule has 1 aromatic heterocycles. The summed E-state index contributed by atoms with van der Waals surface area (Å²) in [5, 5.41) is 1.19. The highest BCUT2D eigenvalue weighted by atomic mass is 14.7. The number of nitrogens with two attached hydrogens (primary N) is 1. The zero-order chi connectivity index (χ0) is 13.5. The largest absolute Gasteiger partial charge is 0.324 e. The van der Waals surface area contributed by atoms with Crippen molar-refractivity contribution in [1.82, 2.24) is 4.98 Å². The van der Waals surface area contributed by atoms with Crippen LogP contribution in [-0.2, 0) is 0 Å². The van der Waals surface area contributed by atoms with E-state index < -0.39 is 0 Å². The molecule has 100 valence electrons. The first-order valence-corrected chi connectivity index (χ1v) is 7.18. The number of nitrogens with zero attached hydrogens (tertiary/aromatic N) is 1. The van der Waals surface area contributed by atoms with Gasteiger partial charge < -0.3 is 5.73 Å². The Labute approximate surface area is 115 Å². The van der Waals surface area contributed by atoms with Crippen LogP contribution in [0.15, 0.2) is 36.5 Å². The first kappa shape index (κ1) is 12.6. The summed E-state index contributed by atoms with van der Waals surface area (Å²) < 4.78 is 0. The molecule has 19 heavy (non-hydrogen) atoms. The topological polar surface area (TPSA) is 38.9 Å². The molecule has 1 aliphatic rings. The van der Waals surface area contributed by atoms with E-state index in [0.29, 0.717) is 11.3 Å². The number of para-hydroxylation sites is 1. The molecule has 1 fully saturated rings. The predicted octanol–water partition coefficient (Wildman–Crippen LogP) is 4.06. The molecule has 2 heteroatoms. The van der Waals surface area contributed by atoms with Crippen LogP contribution in [-0.4, -0.2) is 4.98 Å². The van der Waals surface area contributed by atoms with E-state index in [1.165, 1.54) is 30.2 Å². The molecule has 0 bridgehead atoms. The first-order valence-electron chi connectivity index (χ1n) is 7.18. The van der Waals surface area contributed by atoms with Crippen molar-refractivity contribution in [2.45, 2.75) is 39.2 Å². The number of benzene rings is 1. The minimum absolute atomic E-state index is 0.106. The van der Waals surface area contributed by atoms with E-state index in [9.17, 15) is 0 Å². The van der Waals surface area contributed by atoms with Gasteiger partial charge in [0.05, 0.1) is 5.52 Å². The van der Waals surface area contributed by atoms with Gasteiger partial charge in [0, 0.05) is 17.6 Å². The fraction of sp³-hybridized carbons (Fsp3) is 0.471. The molecule has 2 atom stereocenters. The van der Waals surface area contributed by atoms with E-state index in [-0.39, 0.29) is 6.04 Å². The number of hydrogen-bond donors (Lipinski definition) is 1. The van der Waals surface area contributed by atoms with Crippen molar-refractivity contribution in [2.24, 2.45) is 17.1 Å². The van der Waals surface area contributed by atoms with Gasteiger partial charge in [0.15, 0.2) is 0 Å². The normalized spacial score (nSPS) is 23.6. The minimum atomic E-state index is 0.106. The third-order valence-electron chi connectivity index (χ3n) is 4.77. The molecule has 3 rings (SSSR count). The van der Waals surface area contributed by atoms with E-state index in [1.54, 1.807) is 0 Å². The Morgan fingerprint density at radius 2 is 2.11 bits per heavy atom. The lowest BCUT2D eigenvalue weighted by molar-refractivity contribution is 0.222. The summed E-state index contributed by atoms with van der Waals surface area (Å²) in [6.45, 7) is 4.69. The van der Waals surface area contributed by atoms with Crippen LogP contribution in [0.1, 0.15) is 44.7 Å². The molecule has 0 spiro atoms. The maximum absolute atomic E-state index is 6.53. The van der Waals surface area contributed by atoms with Crippen LogP contribution in [0, 0.1) is 11.3 Å². The Kier molecular flexibility index (Phi) is 3.06. The SMILES string of the molecule is CC1(C)CCCC1C(N)c1cnc2ccccc2c1. The molecule has 1 aliphatic carbocycles. The highest BCUT2D eigenvalue weighted by Gasteiger charge is 2.38. The van der Waals surface area contributed by atoms with Gasteiger partial charge in [-0.15, -0.1) is 0 Å². The molecule has 1 heterocycles. The third-order valence-corrected chi connectivity index (χ3v) is 4.77. The van der Waals surface area contributed by atoms with Crippen LogP contribution in [0.25, 0.3) is 10.9 Å². The van der Waals surface area contributed by atoms with Gasteiger partial charge in [-0.1, -0.05) is 38.5 Å². The fourth-order valence-corrected chi connectivity index (χ4v) is 3.52. The Bertz CT molecular complexity index is 589. The summed E-state index contributed by atoms with van der Waals surface area (Å²) in [4.78, 5) is 4.54. The number of hydrogen-bond acceptors (Lipinski definition) is 2. The molecule has 2 aromatic rings. The zero-order valence-corrected chi connectivity index (χ0v) is 11.8. The van der Waals surface area contributed by atoms with Crippen LogP contribution in [0.3, 0.4) is 0 Å². The summed E-state index contributed by atoms with van der Waals surface area (Å²) in [6.07, 6.45) is 5.78. The van der Waals surface area contributed by atoms with Crippen molar-refractivity contribution in [3.63, 3.8) is 0 Å². The molecular weight excluding hydrogens is 232 g/mol. The van der Waals surface area contributed by atoms with Crippen LogP contribution in [0.2, 0.25) is 0 Å². The van der Waals surface area contributed by atoms with Crippen LogP contribution < -0.4 is 5.73 Å². The van der Waals surface area contributed by atoms with Crippen molar-refractivity contribution in [3.05, 3.63) is 42.1 Å². The number of aromatic nitrogens is 1. The van der Waals surface area contributed by atoms with Gasteiger partial charge in [-0.2, -0.15) is 0 Å². The Hall–Kier alpha value is -1.41. The van der Waals surface area contributed by atoms with Gasteiger partial charge >= 0.3 is 0 Å². The molecule has 0 saturated heterocycles. The van der Waals surface area contributed by atoms with Gasteiger partial charge in [-0.25, -0.2) is 0 Å². The Morgan fingerprint density at radius 3 is 2.84 bits per heavy atom. The van der Waals surface area contributed by atoms with E-state index >= 15 is 0 Å². The van der Waals surface area contributed by atoms with Crippen molar-refractivity contribution in [1.29, 1.82) is 0 Å². The molecule has 2 N–H and O–H groups in total. The second-order valence-corrected chi connectivity index (χ2v) is 6.47. The Morgan fingerprint density at radius 1 is 1.32 bits per heavy atom. The zero-order valence-electron chi connectivity index (χ0n) is 11.8. The molecule has 1 aromatic carbocycles. The molecule has 0 aliphatic heterocycles. The van der Waals surface area contributed by atoms with Gasteiger partial charge in [0.25, 0.3) is 0 Å². The van der Waals surface area contributed by atoms with E-state index in [1.807, 2.05) is 18.3 Å². The fourth-order valence-electron chi connectivity index (χ4n) is 3.52. The molecule has 2 nitrogen and oxygen atoms in total. The maximum atomic E-state index is 6.53. The number of rotatable bonds is 2. The molecule has 2 unspecified atom stereocenters. The lowest BCUT2D eigenvalue weighted by Gasteiger charge is -2.32. The lowest BCUT2D eigenvalue weighted by Crippen LogP contribution is -2.29. The van der Waals surface area contributed by atoms with Gasteiger partial charge in [-0.05, 0) is 41.9 Å². The summed E-state index contributed by atoms with van der Waals surface area (Å²) in [5.74, 6) is 0.565. The second kappa shape index (κ2) is 4.61. The highest BCUT2D eigenvalue weighted by molar-refractivity contribution is 5.78. The van der Waals surface area contributed by atoms with E-state index in [2.05, 4.69) is 37.0 Å². The quantitative estimate of drug-likeness (QED) is 0.877. The number of pyridine rings is 1. The average Bonchev–Trinajstić information content (AvgIpc) is 2.77. The molecule has 0 amide bonds. The summed E-state index contributed by atoms with van der Waals surface area (Å²) in [7, 11) is 0. The second-order valence-electron chi connectivity index (χ2n) is 6.47. The van der Waals surface area contributed by atoms with Crippen LogP contribution in [0.4, 0.5) is 0 Å². The van der Waals surface area contributed by atoms with Gasteiger partial charge in [0.1, 0.15) is 0 Å². The molecule has 1 saturated carbocycles. The van der Waals surface area contributed by atoms with Crippen molar-refractivity contribution in [3.8, 4) is 0 Å². The smallest absolute Gasteiger partial charge is 0.0702 e. The van der Waals surface area contributed by atoms with Gasteiger partial charge in [-0.3, -0.25) is 4.98 Å². The lowest BCUT2D eigenvalue weighted by atomic mass is 9.76. The molecular formula is C17H22N2. The van der Waals surface area contributed by atoms with Crippen LogP contribution in [0.5, 0.6) is 0 Å². The van der Waals surface area contributed by atoms with Crippen LogP contribution >= 0.6 is 0 Å². The minimum Gasteiger partial charge on any atom is -0.324 e. The summed E-state index contributed by atoms with van der Waals surface area (Å²) in [6, 6.07) is 10.5. The standard InChI is InChI=1S/C17H22N2/c1-17(2)9-5-7-14(17)16(18)13-10-12-6-3-4-8-15(12)19-11-13/h3-4,6,8,10-11,14,16H,5,7,9,18H2,1-2H3. The third kappa shape index (κ3) is 2.25. The van der Waals surface area contributed by atoms with Crippen molar-refractivity contribution >= 4 is 10.9 Å². The summed E-state index contributed by atoms with van der Waals surface area (Å²) in [5.41, 5.74) is 9.10. The maximum Gasteiger partial charge on any atom is 0.0702 e. The summed E-state index contributed by atoms with van der Waals surface area (Å²) >= 11 is 0. The number of fused-ring (bicyclic) bond motifs is 1. The Balaban J connectivity index is 1.95. The van der Waals surface area contributed by atoms with E-state index in [0.717, 1.165) is 5.52 Å². The van der Waals surface area contributed by atoms with Gasteiger partial charge in [0.2, 0.25) is 0 Å². The van der Waals surface area contributed by atoms with E-state index in [4.69, 9.17) is 5.73 Å².